The minimum absolute atomic E-state index is 0.0380. The molecule has 0 unspecified atom stereocenters. The average Bonchev–Trinajstić information content (AvgIpc) is 2.24. The van der Waals surface area contributed by atoms with E-state index >= 15 is 0 Å². The van der Waals surface area contributed by atoms with Gasteiger partial charge in [-0.25, -0.2) is 0 Å². The molecule has 0 saturated carbocycles. The first-order valence-electron chi connectivity index (χ1n) is 5.49. The highest BCUT2D eigenvalue weighted by Crippen LogP contribution is 2.22. The molecule has 0 bridgehead atoms. The number of nitrogens with two attached hydrogens (primary N) is 1. The van der Waals surface area contributed by atoms with Gasteiger partial charge < -0.3 is 16.2 Å². The van der Waals surface area contributed by atoms with Crippen LogP contribution < -0.4 is 11.1 Å². The third-order valence-electron chi connectivity index (χ3n) is 2.46. The quantitative estimate of drug-likeness (QED) is 0.649. The van der Waals surface area contributed by atoms with Crippen molar-refractivity contribution < 1.29 is 9.90 Å². The number of hydrogen-bond acceptors (Lipinski definition) is 4. The number of likely N-dealkylation sites (N-methyl/N-ethyl adjacent to an activating group) is 1. The Labute approximate surface area is 101 Å². The highest BCUT2D eigenvalue weighted by Gasteiger charge is 2.09. The minimum Gasteiger partial charge on any atom is -0.397 e. The van der Waals surface area contributed by atoms with Crippen molar-refractivity contribution in [2.45, 2.75) is 6.92 Å². The van der Waals surface area contributed by atoms with Crippen LogP contribution in [0.5, 0.6) is 0 Å². The molecule has 0 radical (unpaired) electrons. The van der Waals surface area contributed by atoms with E-state index in [1.54, 1.807) is 18.0 Å². The molecule has 17 heavy (non-hydrogen) atoms. The van der Waals surface area contributed by atoms with Gasteiger partial charge in [-0.2, -0.15) is 0 Å². The molecular formula is C12H19N3O2. The van der Waals surface area contributed by atoms with Gasteiger partial charge in [-0.05, 0) is 25.6 Å². The molecule has 4 N–H and O–H groups in total. The maximum atomic E-state index is 11.7. The summed E-state index contributed by atoms with van der Waals surface area (Å²) < 4.78 is 0. The van der Waals surface area contributed by atoms with Crippen molar-refractivity contribution in [3.63, 3.8) is 0 Å². The summed E-state index contributed by atoms with van der Waals surface area (Å²) >= 11 is 0. The summed E-state index contributed by atoms with van der Waals surface area (Å²) in [5, 5.41) is 11.5. The lowest BCUT2D eigenvalue weighted by Gasteiger charge is -2.16. The van der Waals surface area contributed by atoms with Crippen LogP contribution in [0.4, 0.5) is 11.4 Å². The third kappa shape index (κ3) is 4.05. The Hall–Kier alpha value is -1.59. The monoisotopic (exact) mass is 237 g/mol. The number of nitrogens with zero attached hydrogens (tertiary/aromatic N) is 1. The molecule has 0 aliphatic carbocycles. The number of rotatable bonds is 5. The second-order valence-electron chi connectivity index (χ2n) is 4.05. The van der Waals surface area contributed by atoms with Gasteiger partial charge in [0.05, 0.1) is 24.5 Å². The topological polar surface area (TPSA) is 78.6 Å². The lowest BCUT2D eigenvalue weighted by atomic mass is 10.1. The van der Waals surface area contributed by atoms with Crippen molar-refractivity contribution in [1.29, 1.82) is 0 Å². The van der Waals surface area contributed by atoms with E-state index in [2.05, 4.69) is 5.32 Å². The maximum absolute atomic E-state index is 11.7. The van der Waals surface area contributed by atoms with E-state index in [1.165, 1.54) is 0 Å². The van der Waals surface area contributed by atoms with Crippen molar-refractivity contribution in [3.8, 4) is 0 Å². The normalized spacial score (nSPS) is 10.6. The number of aliphatic hydroxyl groups excluding tert-OH is 1. The fraction of sp³-hybridized carbons (Fsp3) is 0.417. The number of para-hydroxylation sites is 1. The summed E-state index contributed by atoms with van der Waals surface area (Å²) in [4.78, 5) is 13.5. The summed E-state index contributed by atoms with van der Waals surface area (Å²) in [6.07, 6.45) is 0. The van der Waals surface area contributed by atoms with E-state index in [-0.39, 0.29) is 19.1 Å². The Kier molecular flexibility index (Phi) is 4.93. The van der Waals surface area contributed by atoms with Gasteiger partial charge in [-0.15, -0.1) is 0 Å². The number of anilines is 2. The predicted molar refractivity (Wildman–Crippen MR) is 68.8 cm³/mol. The number of carbonyl (C=O) groups is 1. The summed E-state index contributed by atoms with van der Waals surface area (Å²) in [5.74, 6) is -0.137. The van der Waals surface area contributed by atoms with E-state index in [4.69, 9.17) is 10.8 Å². The molecule has 5 nitrogen and oxygen atoms in total. The highest BCUT2D eigenvalue weighted by molar-refractivity contribution is 5.96. The Morgan fingerprint density at radius 3 is 2.82 bits per heavy atom. The van der Waals surface area contributed by atoms with E-state index < -0.39 is 0 Å². The molecular weight excluding hydrogens is 218 g/mol. The largest absolute Gasteiger partial charge is 0.397 e. The Balaban J connectivity index is 2.62. The molecule has 0 aromatic heterocycles. The fourth-order valence-electron chi connectivity index (χ4n) is 1.54. The minimum atomic E-state index is -0.137. The molecule has 1 amide bonds. The first kappa shape index (κ1) is 13.5. The SMILES string of the molecule is Cc1cccc(N)c1NC(=O)CN(C)CCO. The molecule has 5 heteroatoms. The maximum Gasteiger partial charge on any atom is 0.238 e. The second-order valence-corrected chi connectivity index (χ2v) is 4.05. The van der Waals surface area contributed by atoms with E-state index in [0.29, 0.717) is 17.9 Å². The third-order valence-corrected chi connectivity index (χ3v) is 2.46. The molecule has 0 aliphatic heterocycles. The summed E-state index contributed by atoms with van der Waals surface area (Å²) in [5.41, 5.74) is 7.94. The van der Waals surface area contributed by atoms with Gasteiger partial charge in [0.2, 0.25) is 5.91 Å². The van der Waals surface area contributed by atoms with Crippen LogP contribution in [-0.4, -0.2) is 42.7 Å². The molecule has 94 valence electrons. The van der Waals surface area contributed by atoms with Crippen LogP contribution in [0.3, 0.4) is 0 Å². The van der Waals surface area contributed by atoms with Crippen LogP contribution in [0.1, 0.15) is 5.56 Å². The fourth-order valence-corrected chi connectivity index (χ4v) is 1.54. The first-order valence-corrected chi connectivity index (χ1v) is 5.49. The van der Waals surface area contributed by atoms with Crippen LogP contribution in [0, 0.1) is 6.92 Å². The molecule has 0 atom stereocenters. The van der Waals surface area contributed by atoms with Gasteiger partial charge in [0, 0.05) is 6.54 Å². The highest BCUT2D eigenvalue weighted by atomic mass is 16.3. The van der Waals surface area contributed by atoms with Crippen molar-refractivity contribution in [1.82, 2.24) is 4.90 Å². The average molecular weight is 237 g/mol. The molecule has 0 fully saturated rings. The van der Waals surface area contributed by atoms with Crippen LogP contribution in [-0.2, 0) is 4.79 Å². The number of nitrogen functional groups attached to an aromatic ring is 1. The number of aryl methyl sites for hydroxylation is 1. The van der Waals surface area contributed by atoms with Gasteiger partial charge in [0.15, 0.2) is 0 Å². The Bertz CT molecular complexity index is 373. The lowest BCUT2D eigenvalue weighted by molar-refractivity contribution is -0.117. The zero-order valence-corrected chi connectivity index (χ0v) is 10.2. The smallest absolute Gasteiger partial charge is 0.238 e. The molecule has 0 saturated heterocycles. The Morgan fingerprint density at radius 1 is 1.53 bits per heavy atom. The summed E-state index contributed by atoms with van der Waals surface area (Å²) in [6.45, 7) is 2.63. The predicted octanol–water partition coefficient (Wildman–Crippen LogP) is 0.440. The number of benzene rings is 1. The van der Waals surface area contributed by atoms with Crippen molar-refractivity contribution in [3.05, 3.63) is 23.8 Å². The summed E-state index contributed by atoms with van der Waals surface area (Å²) in [6, 6.07) is 5.49. The van der Waals surface area contributed by atoms with Crippen LogP contribution in [0.2, 0.25) is 0 Å². The molecule has 0 aliphatic rings. The van der Waals surface area contributed by atoms with E-state index in [1.807, 2.05) is 19.1 Å². The van der Waals surface area contributed by atoms with Crippen molar-refractivity contribution in [2.24, 2.45) is 0 Å². The summed E-state index contributed by atoms with van der Waals surface area (Å²) in [7, 11) is 1.77. The Morgan fingerprint density at radius 2 is 2.24 bits per heavy atom. The van der Waals surface area contributed by atoms with E-state index in [0.717, 1.165) is 5.56 Å². The van der Waals surface area contributed by atoms with E-state index in [9.17, 15) is 4.79 Å². The van der Waals surface area contributed by atoms with Crippen LogP contribution in [0.15, 0.2) is 18.2 Å². The zero-order valence-electron chi connectivity index (χ0n) is 10.2. The van der Waals surface area contributed by atoms with Gasteiger partial charge in [0.1, 0.15) is 0 Å². The van der Waals surface area contributed by atoms with Gasteiger partial charge in [0.25, 0.3) is 0 Å². The zero-order chi connectivity index (χ0) is 12.8. The second kappa shape index (κ2) is 6.22. The number of nitrogens with one attached hydrogen (secondary N) is 1. The van der Waals surface area contributed by atoms with Crippen LogP contribution >= 0.6 is 0 Å². The molecule has 1 rings (SSSR count). The molecule has 1 aromatic carbocycles. The number of aliphatic hydroxyl groups is 1. The number of amides is 1. The molecule has 1 aromatic rings. The van der Waals surface area contributed by atoms with Crippen molar-refractivity contribution in [2.75, 3.05) is 37.8 Å². The number of carbonyl (C=O) groups excluding carboxylic acids is 1. The number of hydrogen-bond donors (Lipinski definition) is 3. The first-order chi connectivity index (χ1) is 8.04. The van der Waals surface area contributed by atoms with Crippen molar-refractivity contribution >= 4 is 17.3 Å². The van der Waals surface area contributed by atoms with Crippen LogP contribution in [0.25, 0.3) is 0 Å². The lowest BCUT2D eigenvalue weighted by Crippen LogP contribution is -2.32. The van der Waals surface area contributed by atoms with Gasteiger partial charge in [-0.1, -0.05) is 12.1 Å². The van der Waals surface area contributed by atoms with Gasteiger partial charge in [-0.3, -0.25) is 9.69 Å². The molecule has 0 spiro atoms. The standard InChI is InChI=1S/C12H19N3O2/c1-9-4-3-5-10(13)12(9)14-11(17)8-15(2)6-7-16/h3-5,16H,6-8,13H2,1-2H3,(H,14,17). The van der Waals surface area contributed by atoms with Gasteiger partial charge >= 0.3 is 0 Å². The molecule has 0 heterocycles.